The second kappa shape index (κ2) is 16.3. The Balaban J connectivity index is 2.24. The van der Waals surface area contributed by atoms with Crippen molar-refractivity contribution in [3.8, 4) is 5.75 Å². The van der Waals surface area contributed by atoms with Crippen LogP contribution in [0, 0.1) is 0 Å². The van der Waals surface area contributed by atoms with Gasteiger partial charge in [-0.05, 0) is 0 Å². The third-order valence-corrected chi connectivity index (χ3v) is 11.3. The van der Waals surface area contributed by atoms with Gasteiger partial charge in [0.25, 0.3) is 0 Å². The summed E-state index contributed by atoms with van der Waals surface area (Å²) in [4.78, 5) is 0. The third-order valence-electron chi connectivity index (χ3n) is 4.62. The number of rotatable bonds is 16. The first-order valence-electron chi connectivity index (χ1n) is 10.4. The van der Waals surface area contributed by atoms with Crippen molar-refractivity contribution in [3.05, 3.63) is 30.3 Å². The summed E-state index contributed by atoms with van der Waals surface area (Å²) in [6, 6.07) is 10.6. The van der Waals surface area contributed by atoms with Gasteiger partial charge in [0.05, 0.1) is 0 Å². The van der Waals surface area contributed by atoms with Gasteiger partial charge in [-0.25, -0.2) is 0 Å². The molecule has 0 aliphatic rings. The van der Waals surface area contributed by atoms with Crippen molar-refractivity contribution in [1.82, 2.24) is 0 Å². The van der Waals surface area contributed by atoms with Gasteiger partial charge in [-0.3, -0.25) is 0 Å². The third kappa shape index (κ3) is 12.2. The van der Waals surface area contributed by atoms with E-state index in [1.807, 2.05) is 0 Å². The van der Waals surface area contributed by atoms with Crippen molar-refractivity contribution in [3.63, 3.8) is 0 Å². The maximum atomic E-state index is 6.47. The molecule has 0 aromatic heterocycles. The standard InChI is InChI=1S/2C8H17.C6H6O.Sn/c2*1-3-5-7-8-6-4-2;7-6-4-2-1-3-5-6;/h2*1,3-8H2,2H3;1-5,7H;/q;;;+1/p-1. The quantitative estimate of drug-likeness (QED) is 0.189. The Morgan fingerprint density at radius 3 is 1.58 bits per heavy atom. The van der Waals surface area contributed by atoms with E-state index in [4.69, 9.17) is 3.07 Å². The molecule has 1 rings (SSSR count). The molecule has 0 fully saturated rings. The predicted molar refractivity (Wildman–Crippen MR) is 109 cm³/mol. The van der Waals surface area contributed by atoms with Gasteiger partial charge >= 0.3 is 159 Å². The van der Waals surface area contributed by atoms with Gasteiger partial charge in [0, 0.05) is 0 Å². The molecule has 0 amide bonds. The van der Waals surface area contributed by atoms with Gasteiger partial charge in [-0.1, -0.05) is 0 Å². The van der Waals surface area contributed by atoms with E-state index >= 15 is 0 Å². The minimum atomic E-state index is -1.70. The van der Waals surface area contributed by atoms with Crippen LogP contribution in [0.2, 0.25) is 8.87 Å². The molecule has 0 heterocycles. The monoisotopic (exact) mass is 439 g/mol. The maximum absolute atomic E-state index is 6.47. The summed E-state index contributed by atoms with van der Waals surface area (Å²) in [6.07, 6.45) is 16.8. The first-order chi connectivity index (χ1) is 11.9. The van der Waals surface area contributed by atoms with Crippen molar-refractivity contribution < 1.29 is 3.07 Å². The molecule has 1 aromatic rings. The fourth-order valence-corrected chi connectivity index (χ4v) is 9.40. The molecule has 0 bridgehead atoms. The van der Waals surface area contributed by atoms with Crippen molar-refractivity contribution >= 4 is 20.2 Å². The van der Waals surface area contributed by atoms with Crippen molar-refractivity contribution in [1.29, 1.82) is 0 Å². The van der Waals surface area contributed by atoms with Gasteiger partial charge in [-0.15, -0.1) is 0 Å². The molecule has 1 aromatic carbocycles. The van der Waals surface area contributed by atoms with E-state index < -0.39 is 20.2 Å². The topological polar surface area (TPSA) is 9.23 Å². The number of benzene rings is 1. The first-order valence-corrected chi connectivity index (χ1v) is 15.6. The summed E-state index contributed by atoms with van der Waals surface area (Å²) < 4.78 is 9.30. The molecule has 1 nitrogen and oxygen atoms in total. The zero-order valence-electron chi connectivity index (χ0n) is 16.2. The van der Waals surface area contributed by atoms with Gasteiger partial charge in [0.2, 0.25) is 0 Å². The molecular formula is C22H39OSn. The van der Waals surface area contributed by atoms with E-state index in [-0.39, 0.29) is 0 Å². The fraction of sp³-hybridized carbons (Fsp3) is 0.727. The van der Waals surface area contributed by atoms with Gasteiger partial charge in [0.1, 0.15) is 0 Å². The number of unbranched alkanes of at least 4 members (excludes halogenated alkanes) is 10. The Kier molecular flexibility index (Phi) is 14.8. The molecule has 0 N–H and O–H groups in total. The molecule has 0 aliphatic carbocycles. The fourth-order valence-electron chi connectivity index (χ4n) is 3.09. The molecule has 1 radical (unpaired) electrons. The van der Waals surface area contributed by atoms with Crippen molar-refractivity contribution in [2.24, 2.45) is 0 Å². The van der Waals surface area contributed by atoms with E-state index in [9.17, 15) is 0 Å². The molecular weight excluding hydrogens is 399 g/mol. The summed E-state index contributed by atoms with van der Waals surface area (Å²) in [5, 5.41) is 0. The SMILES string of the molecule is CCCCCCC[CH2][Sn]([CH2]CCCCCCC)[O]c1ccccc1. The normalized spacial score (nSPS) is 11.1. The van der Waals surface area contributed by atoms with Crippen molar-refractivity contribution in [2.45, 2.75) is 99.8 Å². The van der Waals surface area contributed by atoms with Crippen LogP contribution in [-0.2, 0) is 0 Å². The molecule has 0 atom stereocenters. The first kappa shape index (κ1) is 21.9. The summed E-state index contributed by atoms with van der Waals surface area (Å²) in [6.45, 7) is 4.58. The second-order valence-electron chi connectivity index (χ2n) is 6.99. The summed E-state index contributed by atoms with van der Waals surface area (Å²) in [7, 11) is 0. The van der Waals surface area contributed by atoms with Gasteiger partial charge in [-0.2, -0.15) is 0 Å². The minimum absolute atomic E-state index is 1.13. The van der Waals surface area contributed by atoms with E-state index in [2.05, 4.69) is 44.2 Å². The van der Waals surface area contributed by atoms with E-state index in [1.54, 1.807) is 0 Å². The Bertz CT molecular complexity index is 349. The number of para-hydroxylation sites is 1. The van der Waals surface area contributed by atoms with Crippen LogP contribution in [-0.4, -0.2) is 20.2 Å². The molecule has 0 saturated heterocycles. The van der Waals surface area contributed by atoms with Crippen LogP contribution in [0.1, 0.15) is 90.9 Å². The van der Waals surface area contributed by atoms with E-state index in [0.29, 0.717) is 0 Å². The molecule has 2 heteroatoms. The Morgan fingerprint density at radius 2 is 1.08 bits per heavy atom. The average Bonchev–Trinajstić information content (AvgIpc) is 2.61. The summed E-state index contributed by atoms with van der Waals surface area (Å²) in [5.41, 5.74) is 0. The van der Waals surface area contributed by atoms with Crippen LogP contribution >= 0.6 is 0 Å². The van der Waals surface area contributed by atoms with Crippen LogP contribution in [0.3, 0.4) is 0 Å². The molecule has 24 heavy (non-hydrogen) atoms. The molecule has 0 aliphatic heterocycles. The zero-order valence-corrected chi connectivity index (χ0v) is 19.0. The number of hydrogen-bond donors (Lipinski definition) is 0. The van der Waals surface area contributed by atoms with Crippen molar-refractivity contribution in [2.75, 3.05) is 0 Å². The van der Waals surface area contributed by atoms with Crippen LogP contribution < -0.4 is 3.07 Å². The Morgan fingerprint density at radius 1 is 0.625 bits per heavy atom. The second-order valence-corrected chi connectivity index (χ2v) is 13.5. The Labute approximate surface area is 158 Å². The molecule has 0 saturated carbocycles. The molecule has 0 unspecified atom stereocenters. The van der Waals surface area contributed by atoms with Crippen LogP contribution in [0.5, 0.6) is 5.75 Å². The van der Waals surface area contributed by atoms with Crippen LogP contribution in [0.4, 0.5) is 0 Å². The van der Waals surface area contributed by atoms with Crippen LogP contribution in [0.15, 0.2) is 30.3 Å². The Hall–Kier alpha value is -0.181. The van der Waals surface area contributed by atoms with E-state index in [1.165, 1.54) is 85.9 Å². The van der Waals surface area contributed by atoms with E-state index in [0.717, 1.165) is 5.75 Å². The molecule has 0 spiro atoms. The zero-order chi connectivity index (χ0) is 17.3. The number of hydrogen-bond acceptors (Lipinski definition) is 1. The van der Waals surface area contributed by atoms with Crippen LogP contribution in [0.25, 0.3) is 0 Å². The summed E-state index contributed by atoms with van der Waals surface area (Å²) in [5.74, 6) is 1.13. The van der Waals surface area contributed by atoms with Gasteiger partial charge < -0.3 is 0 Å². The molecule has 137 valence electrons. The average molecular weight is 438 g/mol. The predicted octanol–water partition coefficient (Wildman–Crippen LogP) is 7.78. The van der Waals surface area contributed by atoms with Gasteiger partial charge in [0.15, 0.2) is 0 Å². The summed E-state index contributed by atoms with van der Waals surface area (Å²) >= 11 is -1.70.